The van der Waals surface area contributed by atoms with Crippen LogP contribution in [0.4, 0.5) is 0 Å². The van der Waals surface area contributed by atoms with Gasteiger partial charge in [-0.15, -0.1) is 11.3 Å². The Balaban J connectivity index is 0.000000291. The molecule has 0 fully saturated rings. The molecule has 0 aliphatic carbocycles. The maximum atomic E-state index is 11.6. The Hall–Kier alpha value is -1.81. The van der Waals surface area contributed by atoms with Gasteiger partial charge in [0.05, 0.1) is 0 Å². The van der Waals surface area contributed by atoms with Crippen LogP contribution < -0.4 is 0 Å². The van der Waals surface area contributed by atoms with Gasteiger partial charge in [-0.3, -0.25) is 14.6 Å². The molecule has 0 amide bonds. The van der Waals surface area contributed by atoms with Crippen molar-refractivity contribution in [2.45, 2.75) is 80.1 Å². The lowest BCUT2D eigenvalue weighted by atomic mass is 10.1. The summed E-state index contributed by atoms with van der Waals surface area (Å²) < 4.78 is 0. The number of carbonyl (C=O) groups is 2. The van der Waals surface area contributed by atoms with Crippen molar-refractivity contribution in [3.63, 3.8) is 0 Å². The molecule has 0 aromatic carbocycles. The van der Waals surface area contributed by atoms with Crippen LogP contribution in [0.25, 0.3) is 0 Å². The lowest BCUT2D eigenvalue weighted by molar-refractivity contribution is 0.0973. The Morgan fingerprint density at radius 2 is 1.48 bits per heavy atom. The summed E-state index contributed by atoms with van der Waals surface area (Å²) in [5.41, 5.74) is 2.72. The molecule has 0 unspecified atom stereocenters. The first-order valence-electron chi connectivity index (χ1n) is 10.8. The fourth-order valence-electron chi connectivity index (χ4n) is 2.91. The van der Waals surface area contributed by atoms with Gasteiger partial charge in [0.1, 0.15) is 0 Å². The first-order chi connectivity index (χ1) is 13.8. The molecule has 0 saturated carbocycles. The molecule has 0 atom stereocenters. The van der Waals surface area contributed by atoms with Gasteiger partial charge in [0.15, 0.2) is 11.6 Å². The number of pyridine rings is 1. The Bertz CT molecular complexity index is 744. The number of Topliss-reactive ketones (excluding diaryl/α,β-unsaturated/α-hetero) is 2. The largest absolute Gasteiger partial charge is 0.294 e. The molecule has 0 bridgehead atoms. The summed E-state index contributed by atoms with van der Waals surface area (Å²) in [7, 11) is 0. The lowest BCUT2D eigenvalue weighted by Crippen LogP contribution is -2.02. The second-order valence-electron chi connectivity index (χ2n) is 8.38. The number of carbonyl (C=O) groups excluding carboxylic acids is 2. The molecule has 2 heterocycles. The van der Waals surface area contributed by atoms with Crippen LogP contribution in [0.15, 0.2) is 29.8 Å². The van der Waals surface area contributed by atoms with E-state index in [4.69, 9.17) is 0 Å². The number of thiophene rings is 1. The minimum atomic E-state index is 0.195. The van der Waals surface area contributed by atoms with Crippen molar-refractivity contribution in [1.29, 1.82) is 0 Å². The van der Waals surface area contributed by atoms with Gasteiger partial charge in [0.2, 0.25) is 0 Å². The van der Waals surface area contributed by atoms with Gasteiger partial charge in [0.25, 0.3) is 0 Å². The van der Waals surface area contributed by atoms with Crippen molar-refractivity contribution in [3.05, 3.63) is 51.5 Å². The molecule has 0 N–H and O–H groups in total. The van der Waals surface area contributed by atoms with Crippen LogP contribution >= 0.6 is 11.3 Å². The van der Waals surface area contributed by atoms with E-state index >= 15 is 0 Å². The second kappa shape index (κ2) is 13.4. The third-order valence-corrected chi connectivity index (χ3v) is 5.26. The fourth-order valence-corrected chi connectivity index (χ4v) is 4.01. The van der Waals surface area contributed by atoms with Crippen molar-refractivity contribution in [1.82, 2.24) is 4.98 Å². The molecule has 0 aliphatic rings. The Labute approximate surface area is 181 Å². The molecule has 160 valence electrons. The van der Waals surface area contributed by atoms with Crippen LogP contribution in [-0.2, 0) is 12.8 Å². The Morgan fingerprint density at radius 3 is 1.97 bits per heavy atom. The number of ketones is 2. The van der Waals surface area contributed by atoms with E-state index in [1.807, 2.05) is 31.4 Å². The van der Waals surface area contributed by atoms with Gasteiger partial charge in [0, 0.05) is 46.1 Å². The number of hydrogen-bond donors (Lipinski definition) is 0. The minimum Gasteiger partial charge on any atom is -0.294 e. The van der Waals surface area contributed by atoms with Gasteiger partial charge in [-0.05, 0) is 55.7 Å². The topological polar surface area (TPSA) is 47.0 Å². The summed E-state index contributed by atoms with van der Waals surface area (Å²) in [6.07, 6.45) is 6.89. The molecular weight excluding hydrogens is 378 g/mol. The van der Waals surface area contributed by atoms with Crippen LogP contribution in [0.1, 0.15) is 98.5 Å². The second-order valence-corrected chi connectivity index (χ2v) is 9.38. The normalized spacial score (nSPS) is 10.8. The average molecular weight is 416 g/mol. The maximum absolute atomic E-state index is 11.6. The van der Waals surface area contributed by atoms with E-state index < -0.39 is 0 Å². The average Bonchev–Trinajstić information content (AvgIpc) is 3.11. The van der Waals surface area contributed by atoms with E-state index in [1.165, 1.54) is 4.88 Å². The van der Waals surface area contributed by atoms with Gasteiger partial charge in [-0.25, -0.2) is 0 Å². The van der Waals surface area contributed by atoms with Crippen LogP contribution in [0.2, 0.25) is 0 Å². The molecule has 3 nitrogen and oxygen atoms in total. The van der Waals surface area contributed by atoms with E-state index in [1.54, 1.807) is 17.5 Å². The van der Waals surface area contributed by atoms with Crippen molar-refractivity contribution >= 4 is 22.9 Å². The van der Waals surface area contributed by atoms with E-state index in [0.29, 0.717) is 30.5 Å². The molecule has 2 aromatic heterocycles. The summed E-state index contributed by atoms with van der Waals surface area (Å²) >= 11 is 1.71. The first-order valence-corrected chi connectivity index (χ1v) is 11.7. The standard InChI is InChI=1S/C13H19NO.C12H18OS/c1-4-5-13(15)11-6-7-12(14-9-11)8-10(2)3;1-4-5-12(13)10-7-11(14-8-10)6-9(2)3/h6-7,9-10H,4-5,8H2,1-3H3;7-9H,4-6H2,1-3H3. The quantitative estimate of drug-likeness (QED) is 0.386. The summed E-state index contributed by atoms with van der Waals surface area (Å²) in [5.74, 6) is 1.76. The molecule has 29 heavy (non-hydrogen) atoms. The number of aromatic nitrogens is 1. The Kier molecular flexibility index (Phi) is 11.7. The van der Waals surface area contributed by atoms with Gasteiger partial charge in [-0.1, -0.05) is 41.5 Å². The third kappa shape index (κ3) is 9.98. The molecule has 2 rings (SSSR count). The van der Waals surface area contributed by atoms with E-state index in [-0.39, 0.29) is 5.78 Å². The van der Waals surface area contributed by atoms with Crippen LogP contribution in [0.5, 0.6) is 0 Å². The monoisotopic (exact) mass is 415 g/mol. The zero-order valence-electron chi connectivity index (χ0n) is 19.0. The van der Waals surface area contributed by atoms with E-state index in [0.717, 1.165) is 42.5 Å². The van der Waals surface area contributed by atoms with Crippen molar-refractivity contribution in [3.8, 4) is 0 Å². The highest BCUT2D eigenvalue weighted by molar-refractivity contribution is 7.10. The van der Waals surface area contributed by atoms with Crippen LogP contribution in [0, 0.1) is 11.8 Å². The highest BCUT2D eigenvalue weighted by Crippen LogP contribution is 2.19. The van der Waals surface area contributed by atoms with Gasteiger partial charge >= 0.3 is 0 Å². The highest BCUT2D eigenvalue weighted by Gasteiger charge is 2.08. The summed E-state index contributed by atoms with van der Waals surface area (Å²) in [4.78, 5) is 28.7. The number of rotatable bonds is 10. The SMILES string of the molecule is CCCC(=O)c1ccc(CC(C)C)nc1.CCCC(=O)c1csc(CC(C)C)c1. The van der Waals surface area contributed by atoms with Crippen molar-refractivity contribution in [2.75, 3.05) is 0 Å². The molecule has 0 radical (unpaired) electrons. The third-order valence-electron chi connectivity index (χ3n) is 4.30. The highest BCUT2D eigenvalue weighted by atomic mass is 32.1. The number of nitrogens with zero attached hydrogens (tertiary/aromatic N) is 1. The van der Waals surface area contributed by atoms with Crippen molar-refractivity contribution < 1.29 is 9.59 Å². The predicted molar refractivity (Wildman–Crippen MR) is 124 cm³/mol. The molecule has 0 saturated heterocycles. The fraction of sp³-hybridized carbons (Fsp3) is 0.560. The zero-order chi connectivity index (χ0) is 21.8. The zero-order valence-corrected chi connectivity index (χ0v) is 19.8. The van der Waals surface area contributed by atoms with Crippen LogP contribution in [-0.4, -0.2) is 16.6 Å². The Morgan fingerprint density at radius 1 is 0.897 bits per heavy atom. The number of hydrogen-bond acceptors (Lipinski definition) is 4. The van der Waals surface area contributed by atoms with Gasteiger partial charge in [-0.2, -0.15) is 0 Å². The molecule has 4 heteroatoms. The predicted octanol–water partition coefficient (Wildman–Crippen LogP) is 7.19. The van der Waals surface area contributed by atoms with Crippen molar-refractivity contribution in [2.24, 2.45) is 11.8 Å². The van der Waals surface area contributed by atoms with Gasteiger partial charge < -0.3 is 0 Å². The summed E-state index contributed by atoms with van der Waals surface area (Å²) in [5, 5.41) is 2.00. The maximum Gasteiger partial charge on any atom is 0.164 e. The molecule has 0 spiro atoms. The van der Waals surface area contributed by atoms with E-state index in [2.05, 4.69) is 38.7 Å². The smallest absolute Gasteiger partial charge is 0.164 e. The lowest BCUT2D eigenvalue weighted by Gasteiger charge is -2.04. The van der Waals surface area contributed by atoms with E-state index in [9.17, 15) is 9.59 Å². The molecular formula is C25H37NO2S. The summed E-state index contributed by atoms with van der Waals surface area (Å²) in [6, 6.07) is 5.91. The summed E-state index contributed by atoms with van der Waals surface area (Å²) in [6.45, 7) is 12.8. The molecule has 2 aromatic rings. The van der Waals surface area contributed by atoms with Crippen LogP contribution in [0.3, 0.4) is 0 Å². The first kappa shape index (κ1) is 25.2. The minimum absolute atomic E-state index is 0.195. The molecule has 0 aliphatic heterocycles.